The highest BCUT2D eigenvalue weighted by Crippen LogP contribution is 2.33. The Labute approximate surface area is 185 Å². The van der Waals surface area contributed by atoms with Crippen LogP contribution < -0.4 is 15.4 Å². The van der Waals surface area contributed by atoms with Gasteiger partial charge >= 0.3 is 0 Å². The van der Waals surface area contributed by atoms with Crippen molar-refractivity contribution in [3.8, 4) is 5.75 Å². The summed E-state index contributed by atoms with van der Waals surface area (Å²) in [6.07, 6.45) is 2.10. The van der Waals surface area contributed by atoms with Crippen molar-refractivity contribution in [3.63, 3.8) is 0 Å². The van der Waals surface area contributed by atoms with Gasteiger partial charge in [0.15, 0.2) is 0 Å². The van der Waals surface area contributed by atoms with Crippen LogP contribution in [0.15, 0.2) is 91.0 Å². The number of hydrogen-bond acceptors (Lipinski definition) is 5. The van der Waals surface area contributed by atoms with Crippen molar-refractivity contribution < 1.29 is 9.53 Å². The lowest BCUT2D eigenvalue weighted by atomic mass is 10.0. The van der Waals surface area contributed by atoms with E-state index >= 15 is 0 Å². The minimum absolute atomic E-state index is 0.206. The van der Waals surface area contributed by atoms with E-state index in [9.17, 15) is 4.79 Å². The molecule has 4 aromatic rings. The summed E-state index contributed by atoms with van der Waals surface area (Å²) in [7, 11) is 1.64. The van der Waals surface area contributed by atoms with Crippen LogP contribution in [0.25, 0.3) is 5.70 Å². The minimum Gasteiger partial charge on any atom is -0.497 e. The molecule has 0 radical (unpaired) electrons. The number of aromatic nitrogens is 3. The number of carbonyl (C=O) groups excluding carboxylic acids is 1. The average Bonchev–Trinajstić information content (AvgIpc) is 3.27. The summed E-state index contributed by atoms with van der Waals surface area (Å²) in [5, 5.41) is 10.7. The fourth-order valence-corrected chi connectivity index (χ4v) is 3.63. The Kier molecular flexibility index (Phi) is 5.13. The summed E-state index contributed by atoms with van der Waals surface area (Å²) >= 11 is 0. The number of amides is 1. The van der Waals surface area contributed by atoms with Crippen molar-refractivity contribution in [2.45, 2.75) is 6.04 Å². The molecule has 0 aliphatic carbocycles. The van der Waals surface area contributed by atoms with E-state index in [2.05, 4.69) is 26.8 Å². The Bertz CT molecular complexity index is 1260. The first-order valence-electron chi connectivity index (χ1n) is 10.2. The summed E-state index contributed by atoms with van der Waals surface area (Å²) in [5.74, 6) is 1.31. The third-order valence-corrected chi connectivity index (χ3v) is 5.27. The van der Waals surface area contributed by atoms with E-state index in [0.717, 1.165) is 22.6 Å². The molecule has 0 fully saturated rings. The van der Waals surface area contributed by atoms with Crippen LogP contribution in [0.2, 0.25) is 0 Å². The van der Waals surface area contributed by atoms with Crippen LogP contribution in [0.1, 0.15) is 27.5 Å². The van der Waals surface area contributed by atoms with Crippen molar-refractivity contribution >= 4 is 23.5 Å². The maximum absolute atomic E-state index is 12.6. The van der Waals surface area contributed by atoms with Crippen molar-refractivity contribution in [1.29, 1.82) is 0 Å². The van der Waals surface area contributed by atoms with E-state index < -0.39 is 0 Å². The van der Waals surface area contributed by atoms with Gasteiger partial charge in [-0.3, -0.25) is 10.1 Å². The molecule has 2 heterocycles. The smallest absolute Gasteiger partial charge is 0.258 e. The van der Waals surface area contributed by atoms with Crippen LogP contribution >= 0.6 is 0 Å². The number of benzene rings is 3. The van der Waals surface area contributed by atoms with Gasteiger partial charge in [0.2, 0.25) is 5.95 Å². The number of allylic oxidation sites excluding steroid dienone is 1. The molecule has 158 valence electrons. The molecule has 0 saturated heterocycles. The Morgan fingerprint density at radius 2 is 1.66 bits per heavy atom. The first-order chi connectivity index (χ1) is 15.7. The largest absolute Gasteiger partial charge is 0.497 e. The molecule has 0 unspecified atom stereocenters. The van der Waals surface area contributed by atoms with Gasteiger partial charge in [0.1, 0.15) is 11.8 Å². The summed E-state index contributed by atoms with van der Waals surface area (Å²) in [5.41, 5.74) is 3.53. The van der Waals surface area contributed by atoms with E-state index in [-0.39, 0.29) is 17.9 Å². The normalized spacial score (nSPS) is 14.7. The van der Waals surface area contributed by atoms with Crippen molar-refractivity contribution in [3.05, 3.63) is 108 Å². The zero-order chi connectivity index (χ0) is 21.9. The number of fused-ring (bicyclic) bond motifs is 1. The van der Waals surface area contributed by atoms with Crippen LogP contribution in [0.5, 0.6) is 5.75 Å². The molecule has 5 rings (SSSR count). The molecular weight excluding hydrogens is 402 g/mol. The second-order valence-corrected chi connectivity index (χ2v) is 7.31. The third-order valence-electron chi connectivity index (χ3n) is 5.27. The number of ether oxygens (including phenoxy) is 1. The van der Waals surface area contributed by atoms with Crippen molar-refractivity contribution in [2.75, 3.05) is 17.7 Å². The van der Waals surface area contributed by atoms with Gasteiger partial charge in [-0.15, -0.1) is 5.10 Å². The highest BCUT2D eigenvalue weighted by atomic mass is 16.5. The van der Waals surface area contributed by atoms with Crippen LogP contribution in [0.4, 0.5) is 11.9 Å². The van der Waals surface area contributed by atoms with E-state index in [0.29, 0.717) is 11.5 Å². The van der Waals surface area contributed by atoms with Crippen molar-refractivity contribution in [2.24, 2.45) is 0 Å². The van der Waals surface area contributed by atoms with E-state index in [1.165, 1.54) is 0 Å². The molecule has 0 saturated carbocycles. The average molecular weight is 423 g/mol. The lowest BCUT2D eigenvalue weighted by Gasteiger charge is -2.24. The molecule has 3 aromatic carbocycles. The van der Waals surface area contributed by atoms with Crippen LogP contribution in [-0.4, -0.2) is 27.8 Å². The molecule has 1 aromatic heterocycles. The number of anilines is 2. The fraction of sp³-hybridized carbons (Fsp3) is 0.0800. The Morgan fingerprint density at radius 3 is 2.34 bits per heavy atom. The number of nitrogens with one attached hydrogen (secondary N) is 2. The Morgan fingerprint density at radius 1 is 0.969 bits per heavy atom. The maximum Gasteiger partial charge on any atom is 0.258 e. The molecule has 0 spiro atoms. The van der Waals surface area contributed by atoms with Gasteiger partial charge < -0.3 is 10.1 Å². The molecule has 1 atom stereocenters. The summed E-state index contributed by atoms with van der Waals surface area (Å²) in [6, 6.07) is 26.7. The zero-order valence-corrected chi connectivity index (χ0v) is 17.4. The maximum atomic E-state index is 12.6. The molecule has 7 nitrogen and oxygen atoms in total. The molecule has 1 aliphatic rings. The summed E-state index contributed by atoms with van der Waals surface area (Å²) in [4.78, 5) is 17.1. The van der Waals surface area contributed by atoms with Gasteiger partial charge in [-0.05, 0) is 41.5 Å². The van der Waals surface area contributed by atoms with Gasteiger partial charge in [-0.1, -0.05) is 60.7 Å². The van der Waals surface area contributed by atoms with Gasteiger partial charge in [0.25, 0.3) is 11.9 Å². The number of hydrogen-bond donors (Lipinski definition) is 2. The second-order valence-electron chi connectivity index (χ2n) is 7.31. The molecule has 32 heavy (non-hydrogen) atoms. The van der Waals surface area contributed by atoms with E-state index in [1.807, 2.05) is 72.8 Å². The third kappa shape index (κ3) is 3.83. The minimum atomic E-state index is -0.259. The lowest BCUT2D eigenvalue weighted by Crippen LogP contribution is -2.20. The fourth-order valence-electron chi connectivity index (χ4n) is 3.63. The Balaban J connectivity index is 1.51. The highest BCUT2D eigenvalue weighted by Gasteiger charge is 2.26. The number of carbonyl (C=O) groups is 1. The molecule has 0 bridgehead atoms. The lowest BCUT2D eigenvalue weighted by molar-refractivity contribution is 0.102. The molecule has 7 heteroatoms. The topological polar surface area (TPSA) is 81.1 Å². The summed E-state index contributed by atoms with van der Waals surface area (Å²) < 4.78 is 7.07. The molecular formula is C25H21N5O2. The van der Waals surface area contributed by atoms with Crippen molar-refractivity contribution in [1.82, 2.24) is 14.8 Å². The first kappa shape index (κ1) is 19.6. The number of nitrogens with zero attached hydrogens (tertiary/aromatic N) is 3. The second kappa shape index (κ2) is 8.39. The monoisotopic (exact) mass is 423 g/mol. The standard InChI is InChI=1S/C25H21N5O2/c1-32-20-14-12-18(13-15-20)22-16-21(17-8-4-2-5-9-17)26-25-28-24(29-30(22)25)27-23(31)19-10-6-3-7-11-19/h2-16,22H,1H3,(H2,26,27,28,29,31)/t22-/m1/s1. The van der Waals surface area contributed by atoms with Gasteiger partial charge in [0.05, 0.1) is 7.11 Å². The van der Waals surface area contributed by atoms with Crippen LogP contribution in [-0.2, 0) is 0 Å². The molecule has 1 aliphatic heterocycles. The predicted octanol–water partition coefficient (Wildman–Crippen LogP) is 4.60. The van der Waals surface area contributed by atoms with Crippen LogP contribution in [0.3, 0.4) is 0 Å². The van der Waals surface area contributed by atoms with Crippen LogP contribution in [0, 0.1) is 0 Å². The number of methoxy groups -OCH3 is 1. The van der Waals surface area contributed by atoms with Gasteiger partial charge in [0, 0.05) is 11.3 Å². The predicted molar refractivity (Wildman–Crippen MR) is 124 cm³/mol. The number of rotatable bonds is 5. The van der Waals surface area contributed by atoms with E-state index in [4.69, 9.17) is 4.74 Å². The quantitative estimate of drug-likeness (QED) is 0.491. The van der Waals surface area contributed by atoms with Gasteiger partial charge in [-0.2, -0.15) is 4.98 Å². The van der Waals surface area contributed by atoms with Gasteiger partial charge in [-0.25, -0.2) is 4.68 Å². The summed E-state index contributed by atoms with van der Waals surface area (Å²) in [6.45, 7) is 0. The zero-order valence-electron chi connectivity index (χ0n) is 17.4. The first-order valence-corrected chi connectivity index (χ1v) is 10.2. The molecule has 1 amide bonds. The Hall–Kier alpha value is -4.39. The SMILES string of the molecule is COc1ccc([C@H]2C=C(c3ccccc3)Nc3nc(NC(=O)c4ccccc4)nn32)cc1. The highest BCUT2D eigenvalue weighted by molar-refractivity contribution is 6.03. The molecule has 2 N–H and O–H groups in total. The van der Waals surface area contributed by atoms with E-state index in [1.54, 1.807) is 23.9 Å².